The fraction of sp³-hybridized carbons (Fsp3) is 0.571. The molecule has 18 heavy (non-hydrogen) atoms. The van der Waals surface area contributed by atoms with Crippen LogP contribution in [0.4, 0.5) is 4.39 Å². The molecule has 0 amide bonds. The van der Waals surface area contributed by atoms with Crippen LogP contribution >= 0.6 is 11.6 Å². The van der Waals surface area contributed by atoms with Crippen molar-refractivity contribution in [3.8, 4) is 0 Å². The van der Waals surface area contributed by atoms with Gasteiger partial charge in [-0.3, -0.25) is 0 Å². The Hall–Kier alpha value is -0.640. The first kappa shape index (κ1) is 15.4. The fourth-order valence-corrected chi connectivity index (χ4v) is 1.94. The standard InChI is InChI=1S/C14H21ClFNO/c1-4-18-9-14(10(2)3)17-8-11-5-12(15)7-13(16)6-11/h5-7,10,14,17H,4,8-9H2,1-3H3. The van der Waals surface area contributed by atoms with E-state index in [4.69, 9.17) is 16.3 Å². The highest BCUT2D eigenvalue weighted by Crippen LogP contribution is 2.14. The molecular formula is C14H21ClFNO. The molecule has 102 valence electrons. The van der Waals surface area contributed by atoms with E-state index in [1.807, 2.05) is 6.92 Å². The largest absolute Gasteiger partial charge is 0.380 e. The quantitative estimate of drug-likeness (QED) is 0.819. The van der Waals surface area contributed by atoms with Crippen molar-refractivity contribution in [3.63, 3.8) is 0 Å². The fourth-order valence-electron chi connectivity index (χ4n) is 1.69. The minimum absolute atomic E-state index is 0.256. The van der Waals surface area contributed by atoms with Crippen LogP contribution in [0.3, 0.4) is 0 Å². The summed E-state index contributed by atoms with van der Waals surface area (Å²) in [7, 11) is 0. The topological polar surface area (TPSA) is 21.3 Å². The molecule has 0 radical (unpaired) electrons. The number of benzene rings is 1. The molecule has 4 heteroatoms. The summed E-state index contributed by atoms with van der Waals surface area (Å²) >= 11 is 5.82. The van der Waals surface area contributed by atoms with E-state index in [0.29, 0.717) is 30.7 Å². The van der Waals surface area contributed by atoms with E-state index in [1.54, 1.807) is 6.07 Å². The van der Waals surface area contributed by atoms with E-state index in [1.165, 1.54) is 12.1 Å². The Kier molecular flexibility index (Phi) is 6.61. The molecule has 0 aliphatic rings. The summed E-state index contributed by atoms with van der Waals surface area (Å²) in [5.41, 5.74) is 0.849. The summed E-state index contributed by atoms with van der Waals surface area (Å²) in [5.74, 6) is 0.158. The minimum atomic E-state index is -0.301. The third kappa shape index (κ3) is 5.34. The molecule has 0 saturated carbocycles. The van der Waals surface area contributed by atoms with Crippen LogP contribution in [0.25, 0.3) is 0 Å². The van der Waals surface area contributed by atoms with Crippen LogP contribution in [0.1, 0.15) is 26.3 Å². The molecule has 0 aromatic heterocycles. The van der Waals surface area contributed by atoms with E-state index in [9.17, 15) is 4.39 Å². The van der Waals surface area contributed by atoms with Gasteiger partial charge in [-0.25, -0.2) is 4.39 Å². The van der Waals surface area contributed by atoms with Crippen LogP contribution in [0.15, 0.2) is 18.2 Å². The molecular weight excluding hydrogens is 253 g/mol. The predicted octanol–water partition coefficient (Wildman–Crippen LogP) is 3.63. The summed E-state index contributed by atoms with van der Waals surface area (Å²) < 4.78 is 18.6. The van der Waals surface area contributed by atoms with Gasteiger partial charge in [0.2, 0.25) is 0 Å². The van der Waals surface area contributed by atoms with Crippen LogP contribution in [0.2, 0.25) is 5.02 Å². The van der Waals surface area contributed by atoms with Gasteiger partial charge < -0.3 is 10.1 Å². The molecule has 1 aromatic carbocycles. The molecule has 1 rings (SSSR count). The Labute approximate surface area is 113 Å². The third-order valence-electron chi connectivity index (χ3n) is 2.80. The van der Waals surface area contributed by atoms with Crippen LogP contribution in [0.5, 0.6) is 0 Å². The summed E-state index contributed by atoms with van der Waals surface area (Å²) in [6, 6.07) is 4.84. The second-order valence-corrected chi connectivity index (χ2v) is 5.11. The summed E-state index contributed by atoms with van der Waals surface area (Å²) in [6.45, 7) is 8.20. The van der Waals surface area contributed by atoms with E-state index in [0.717, 1.165) is 5.56 Å². The zero-order valence-corrected chi connectivity index (χ0v) is 11.9. The van der Waals surface area contributed by atoms with E-state index < -0.39 is 0 Å². The van der Waals surface area contributed by atoms with Gasteiger partial charge in [0.05, 0.1) is 6.61 Å². The van der Waals surface area contributed by atoms with Crippen molar-refractivity contribution in [3.05, 3.63) is 34.6 Å². The monoisotopic (exact) mass is 273 g/mol. The lowest BCUT2D eigenvalue weighted by Crippen LogP contribution is -2.37. The van der Waals surface area contributed by atoms with Crippen molar-refractivity contribution in [1.29, 1.82) is 0 Å². The van der Waals surface area contributed by atoms with Crippen molar-refractivity contribution in [2.45, 2.75) is 33.4 Å². The lowest BCUT2D eigenvalue weighted by Gasteiger charge is -2.22. The molecule has 0 heterocycles. The highest BCUT2D eigenvalue weighted by Gasteiger charge is 2.12. The molecule has 1 N–H and O–H groups in total. The molecule has 0 bridgehead atoms. The predicted molar refractivity (Wildman–Crippen MR) is 73.4 cm³/mol. The third-order valence-corrected chi connectivity index (χ3v) is 3.02. The summed E-state index contributed by atoms with van der Waals surface area (Å²) in [4.78, 5) is 0. The average Bonchev–Trinajstić information content (AvgIpc) is 2.27. The van der Waals surface area contributed by atoms with Crippen molar-refractivity contribution >= 4 is 11.6 Å². The lowest BCUT2D eigenvalue weighted by atomic mass is 10.0. The molecule has 0 spiro atoms. The molecule has 1 aromatic rings. The Morgan fingerprint density at radius 3 is 2.61 bits per heavy atom. The van der Waals surface area contributed by atoms with Crippen molar-refractivity contribution in [1.82, 2.24) is 5.32 Å². The van der Waals surface area contributed by atoms with Gasteiger partial charge in [-0.05, 0) is 36.6 Å². The van der Waals surface area contributed by atoms with Gasteiger partial charge in [-0.1, -0.05) is 25.4 Å². The van der Waals surface area contributed by atoms with Gasteiger partial charge in [-0.15, -0.1) is 0 Å². The van der Waals surface area contributed by atoms with E-state index in [2.05, 4.69) is 19.2 Å². The smallest absolute Gasteiger partial charge is 0.125 e. The first-order valence-corrected chi connectivity index (χ1v) is 6.66. The molecule has 0 fully saturated rings. The molecule has 0 aliphatic heterocycles. The second kappa shape index (κ2) is 7.72. The zero-order valence-electron chi connectivity index (χ0n) is 11.2. The molecule has 0 aliphatic carbocycles. The minimum Gasteiger partial charge on any atom is -0.380 e. The molecule has 0 saturated heterocycles. The van der Waals surface area contributed by atoms with Gasteiger partial charge in [0.25, 0.3) is 0 Å². The van der Waals surface area contributed by atoms with Crippen LogP contribution < -0.4 is 5.32 Å². The van der Waals surface area contributed by atoms with E-state index >= 15 is 0 Å². The Balaban J connectivity index is 2.55. The maximum absolute atomic E-state index is 13.2. The van der Waals surface area contributed by atoms with Crippen molar-refractivity contribution in [2.24, 2.45) is 5.92 Å². The van der Waals surface area contributed by atoms with Crippen LogP contribution in [0, 0.1) is 11.7 Å². The van der Waals surface area contributed by atoms with Crippen LogP contribution in [-0.2, 0) is 11.3 Å². The lowest BCUT2D eigenvalue weighted by molar-refractivity contribution is 0.108. The maximum Gasteiger partial charge on any atom is 0.125 e. The highest BCUT2D eigenvalue weighted by atomic mass is 35.5. The Morgan fingerprint density at radius 2 is 2.06 bits per heavy atom. The molecule has 1 atom stereocenters. The van der Waals surface area contributed by atoms with Crippen molar-refractivity contribution < 1.29 is 9.13 Å². The SMILES string of the molecule is CCOCC(NCc1cc(F)cc(Cl)c1)C(C)C. The van der Waals surface area contributed by atoms with Gasteiger partial charge in [-0.2, -0.15) is 0 Å². The summed E-state index contributed by atoms with van der Waals surface area (Å²) in [6.07, 6.45) is 0. The molecule has 1 unspecified atom stereocenters. The second-order valence-electron chi connectivity index (χ2n) is 4.67. The van der Waals surface area contributed by atoms with Gasteiger partial charge >= 0.3 is 0 Å². The van der Waals surface area contributed by atoms with E-state index in [-0.39, 0.29) is 11.9 Å². The average molecular weight is 274 g/mol. The number of ether oxygens (including phenoxy) is 1. The first-order chi connectivity index (χ1) is 8.52. The number of halogens is 2. The summed E-state index contributed by atoms with van der Waals surface area (Å²) in [5, 5.41) is 3.80. The normalized spacial score (nSPS) is 13.0. The van der Waals surface area contributed by atoms with Crippen LogP contribution in [-0.4, -0.2) is 19.3 Å². The molecule has 2 nitrogen and oxygen atoms in total. The first-order valence-electron chi connectivity index (χ1n) is 6.29. The number of rotatable bonds is 7. The van der Waals surface area contributed by atoms with Crippen molar-refractivity contribution in [2.75, 3.05) is 13.2 Å². The highest BCUT2D eigenvalue weighted by molar-refractivity contribution is 6.30. The Bertz CT molecular complexity index is 351. The number of nitrogens with one attached hydrogen (secondary N) is 1. The number of hydrogen-bond donors (Lipinski definition) is 1. The van der Waals surface area contributed by atoms with Gasteiger partial charge in [0, 0.05) is 24.2 Å². The van der Waals surface area contributed by atoms with Gasteiger partial charge in [0.1, 0.15) is 5.82 Å². The maximum atomic E-state index is 13.2. The zero-order chi connectivity index (χ0) is 13.5. The number of hydrogen-bond acceptors (Lipinski definition) is 2. The Morgan fingerprint density at radius 1 is 1.33 bits per heavy atom. The van der Waals surface area contributed by atoms with Gasteiger partial charge in [0.15, 0.2) is 0 Å².